The number of rotatable bonds is 9. The van der Waals surface area contributed by atoms with E-state index in [1.807, 2.05) is 0 Å². The van der Waals surface area contributed by atoms with E-state index >= 15 is 0 Å². The van der Waals surface area contributed by atoms with Crippen molar-refractivity contribution < 1.29 is 8.42 Å². The molecular formula is C14H21ClN2O2S2. The summed E-state index contributed by atoms with van der Waals surface area (Å²) in [5.41, 5.74) is 6.10. The van der Waals surface area contributed by atoms with Crippen molar-refractivity contribution in [2.24, 2.45) is 5.73 Å². The summed E-state index contributed by atoms with van der Waals surface area (Å²) in [6.45, 7) is 2.57. The van der Waals surface area contributed by atoms with Gasteiger partial charge < -0.3 is 5.73 Å². The van der Waals surface area contributed by atoms with E-state index < -0.39 is 10.0 Å². The lowest BCUT2D eigenvalue weighted by molar-refractivity contribution is 0.435. The molecule has 0 fully saturated rings. The zero-order chi connectivity index (χ0) is 15.9. The number of halogens is 1. The first-order valence-electron chi connectivity index (χ1n) is 6.86. The largest absolute Gasteiger partial charge is 0.392 e. The van der Waals surface area contributed by atoms with Crippen LogP contribution < -0.4 is 5.73 Å². The molecule has 0 aliphatic heterocycles. The Labute approximate surface area is 137 Å². The van der Waals surface area contributed by atoms with Gasteiger partial charge in [0.2, 0.25) is 10.0 Å². The van der Waals surface area contributed by atoms with Gasteiger partial charge in [0, 0.05) is 11.6 Å². The van der Waals surface area contributed by atoms with E-state index in [-0.39, 0.29) is 17.3 Å². The number of nitrogens with zero attached hydrogens (tertiary/aromatic N) is 1. The Bertz CT molecular complexity index is 576. The van der Waals surface area contributed by atoms with Crippen molar-refractivity contribution in [2.45, 2.75) is 31.9 Å². The van der Waals surface area contributed by atoms with Crippen LogP contribution in [-0.4, -0.2) is 30.8 Å². The Balaban J connectivity index is 2.87. The van der Waals surface area contributed by atoms with Crippen LogP contribution in [0.15, 0.2) is 24.3 Å². The van der Waals surface area contributed by atoms with Gasteiger partial charge in [-0.1, -0.05) is 61.8 Å². The zero-order valence-corrected chi connectivity index (χ0v) is 14.5. The van der Waals surface area contributed by atoms with Crippen molar-refractivity contribution in [2.75, 3.05) is 13.1 Å². The van der Waals surface area contributed by atoms with E-state index in [2.05, 4.69) is 6.92 Å². The first-order valence-corrected chi connectivity index (χ1v) is 9.26. The highest BCUT2D eigenvalue weighted by Gasteiger charge is 2.23. The van der Waals surface area contributed by atoms with Gasteiger partial charge in [0.1, 0.15) is 0 Å². The molecule has 0 aromatic heterocycles. The smallest absolute Gasteiger partial charge is 0.218 e. The van der Waals surface area contributed by atoms with Gasteiger partial charge in [-0.3, -0.25) is 0 Å². The molecular weight excluding hydrogens is 328 g/mol. The fraction of sp³-hybridized carbons (Fsp3) is 0.500. The number of unbranched alkanes of at least 4 members (excludes halogenated alkanes) is 2. The van der Waals surface area contributed by atoms with Crippen molar-refractivity contribution in [1.29, 1.82) is 0 Å². The average Bonchev–Trinajstić information content (AvgIpc) is 2.40. The summed E-state index contributed by atoms with van der Waals surface area (Å²) in [5.74, 6) is -0.137. The van der Waals surface area contributed by atoms with Crippen LogP contribution in [-0.2, 0) is 15.8 Å². The van der Waals surface area contributed by atoms with Crippen LogP contribution in [0.1, 0.15) is 31.7 Å². The molecule has 0 bridgehead atoms. The topological polar surface area (TPSA) is 63.4 Å². The summed E-state index contributed by atoms with van der Waals surface area (Å²) >= 11 is 10.9. The van der Waals surface area contributed by atoms with Crippen LogP contribution in [0, 0.1) is 0 Å². The Morgan fingerprint density at radius 2 is 2.00 bits per heavy atom. The second-order valence-corrected chi connectivity index (χ2v) is 7.76. The van der Waals surface area contributed by atoms with E-state index in [4.69, 9.17) is 29.6 Å². The van der Waals surface area contributed by atoms with Gasteiger partial charge in [-0.2, -0.15) is 4.31 Å². The quantitative estimate of drug-likeness (QED) is 0.550. The van der Waals surface area contributed by atoms with Crippen molar-refractivity contribution in [3.05, 3.63) is 34.9 Å². The molecule has 0 saturated carbocycles. The minimum Gasteiger partial charge on any atom is -0.392 e. The van der Waals surface area contributed by atoms with E-state index in [1.54, 1.807) is 24.3 Å². The molecule has 0 aliphatic carbocycles. The highest BCUT2D eigenvalue weighted by Crippen LogP contribution is 2.20. The van der Waals surface area contributed by atoms with Gasteiger partial charge in [-0.15, -0.1) is 0 Å². The Hall–Kier alpha value is -0.690. The molecule has 0 saturated heterocycles. The van der Waals surface area contributed by atoms with Crippen LogP contribution in [0.2, 0.25) is 5.02 Å². The second-order valence-electron chi connectivity index (χ2n) is 4.85. The van der Waals surface area contributed by atoms with E-state index in [9.17, 15) is 8.42 Å². The maximum atomic E-state index is 12.5. The molecule has 21 heavy (non-hydrogen) atoms. The number of hydrogen-bond acceptors (Lipinski definition) is 3. The predicted octanol–water partition coefficient (Wildman–Crippen LogP) is 2.95. The highest BCUT2D eigenvalue weighted by atomic mass is 35.5. The molecule has 7 heteroatoms. The lowest BCUT2D eigenvalue weighted by atomic mass is 10.2. The lowest BCUT2D eigenvalue weighted by Gasteiger charge is -2.22. The van der Waals surface area contributed by atoms with Crippen molar-refractivity contribution in [3.63, 3.8) is 0 Å². The first-order chi connectivity index (χ1) is 9.86. The minimum absolute atomic E-state index is 0.0752. The van der Waals surface area contributed by atoms with Crippen LogP contribution >= 0.6 is 23.8 Å². The molecule has 4 nitrogen and oxygen atoms in total. The third-order valence-corrected chi connectivity index (χ3v) is 5.30. The fourth-order valence-corrected chi connectivity index (χ4v) is 4.02. The van der Waals surface area contributed by atoms with E-state index in [1.165, 1.54) is 4.31 Å². The zero-order valence-electron chi connectivity index (χ0n) is 12.1. The third kappa shape index (κ3) is 6.30. The number of nitrogens with two attached hydrogens (primary N) is 1. The summed E-state index contributed by atoms with van der Waals surface area (Å²) in [6, 6.07) is 6.93. The number of sulfonamides is 1. The molecule has 1 aromatic rings. The van der Waals surface area contributed by atoms with Gasteiger partial charge in [-0.05, 0) is 18.1 Å². The lowest BCUT2D eigenvalue weighted by Crippen LogP contribution is -2.39. The summed E-state index contributed by atoms with van der Waals surface area (Å²) in [5, 5.41) is 0.449. The normalized spacial score (nSPS) is 11.8. The maximum Gasteiger partial charge on any atom is 0.218 e. The molecule has 0 spiro atoms. The van der Waals surface area contributed by atoms with Gasteiger partial charge in [0.15, 0.2) is 0 Å². The Morgan fingerprint density at radius 1 is 1.33 bits per heavy atom. The molecule has 2 N–H and O–H groups in total. The molecule has 0 atom stereocenters. The fourth-order valence-electron chi connectivity index (χ4n) is 1.93. The summed E-state index contributed by atoms with van der Waals surface area (Å²) in [7, 11) is -3.49. The second kappa shape index (κ2) is 8.68. The third-order valence-electron chi connectivity index (χ3n) is 3.03. The maximum absolute atomic E-state index is 12.5. The monoisotopic (exact) mass is 348 g/mol. The first kappa shape index (κ1) is 18.4. The van der Waals surface area contributed by atoms with Gasteiger partial charge in [0.25, 0.3) is 0 Å². The molecule has 1 rings (SSSR count). The number of benzene rings is 1. The SMILES string of the molecule is CCCCCN(CC(N)=S)S(=O)(=O)Cc1ccccc1Cl. The number of hydrogen-bond donors (Lipinski definition) is 1. The molecule has 0 aliphatic rings. The van der Waals surface area contributed by atoms with Crippen LogP contribution in [0.5, 0.6) is 0 Å². The molecule has 0 amide bonds. The van der Waals surface area contributed by atoms with E-state index in [0.29, 0.717) is 17.1 Å². The van der Waals surface area contributed by atoms with Gasteiger partial charge >= 0.3 is 0 Å². The van der Waals surface area contributed by atoms with Gasteiger partial charge in [-0.25, -0.2) is 8.42 Å². The number of thiocarbonyl (C=S) groups is 1. The summed E-state index contributed by atoms with van der Waals surface area (Å²) < 4.78 is 26.4. The molecule has 118 valence electrons. The summed E-state index contributed by atoms with van der Waals surface area (Å²) in [6.07, 6.45) is 2.78. The average molecular weight is 349 g/mol. The molecule has 0 heterocycles. The minimum atomic E-state index is -3.49. The van der Waals surface area contributed by atoms with Gasteiger partial charge in [0.05, 0.1) is 17.3 Å². The Kier molecular flexibility index (Phi) is 7.59. The predicted molar refractivity (Wildman–Crippen MR) is 92.0 cm³/mol. The van der Waals surface area contributed by atoms with Crippen molar-refractivity contribution in [1.82, 2.24) is 4.31 Å². The molecule has 0 unspecified atom stereocenters. The highest BCUT2D eigenvalue weighted by molar-refractivity contribution is 7.88. The van der Waals surface area contributed by atoms with Crippen molar-refractivity contribution >= 4 is 38.8 Å². The standard InChI is InChI=1S/C14H21ClN2O2S2/c1-2-3-6-9-17(10-14(16)20)21(18,19)11-12-7-4-5-8-13(12)15/h4-5,7-8H,2-3,6,9-11H2,1H3,(H2,16,20). The molecule has 0 radical (unpaired) electrons. The van der Waals surface area contributed by atoms with Crippen LogP contribution in [0.25, 0.3) is 0 Å². The van der Waals surface area contributed by atoms with E-state index in [0.717, 1.165) is 19.3 Å². The Morgan fingerprint density at radius 3 is 2.57 bits per heavy atom. The summed E-state index contributed by atoms with van der Waals surface area (Å²) in [4.78, 5) is 0.175. The molecule has 1 aromatic carbocycles. The van der Waals surface area contributed by atoms with Crippen molar-refractivity contribution in [3.8, 4) is 0 Å². The van der Waals surface area contributed by atoms with Crippen LogP contribution in [0.3, 0.4) is 0 Å². The van der Waals surface area contributed by atoms with Crippen LogP contribution in [0.4, 0.5) is 0 Å².